The third-order valence-electron chi connectivity index (χ3n) is 5.05. The Morgan fingerprint density at radius 2 is 1.74 bits per heavy atom. The summed E-state index contributed by atoms with van der Waals surface area (Å²) in [4.78, 5) is 17.4. The number of nitrogens with zero attached hydrogens (tertiary/aromatic N) is 2. The van der Waals surface area contributed by atoms with Crippen molar-refractivity contribution in [2.75, 3.05) is 6.61 Å². The number of imidazole rings is 1. The maximum absolute atomic E-state index is 12.6. The van der Waals surface area contributed by atoms with Crippen LogP contribution >= 0.6 is 11.6 Å². The minimum atomic E-state index is -0.237. The van der Waals surface area contributed by atoms with Crippen LogP contribution in [0.1, 0.15) is 24.4 Å². The first-order valence-electron chi connectivity index (χ1n) is 10.3. The SMILES string of the molecule is CC(NC(=O)Cc1ccccc1)c1nc2ccccc2n1CCOc1ccc(Cl)cc1. The van der Waals surface area contributed by atoms with Gasteiger partial charge in [0.2, 0.25) is 5.91 Å². The molecular weight excluding hydrogens is 410 g/mol. The molecule has 0 aliphatic carbocycles. The lowest BCUT2D eigenvalue weighted by atomic mass is 10.1. The fourth-order valence-corrected chi connectivity index (χ4v) is 3.71. The topological polar surface area (TPSA) is 56.2 Å². The molecule has 31 heavy (non-hydrogen) atoms. The molecule has 1 amide bonds. The standard InChI is InChI=1S/C25H24ClN3O2/c1-18(27-24(30)17-19-7-3-2-4-8-19)25-28-22-9-5-6-10-23(22)29(25)15-16-31-21-13-11-20(26)12-14-21/h2-14,18H,15-17H2,1H3,(H,27,30). The molecule has 3 aromatic carbocycles. The highest BCUT2D eigenvalue weighted by atomic mass is 35.5. The lowest BCUT2D eigenvalue weighted by molar-refractivity contribution is -0.121. The zero-order valence-electron chi connectivity index (χ0n) is 17.3. The molecule has 0 radical (unpaired) electrons. The van der Waals surface area contributed by atoms with Crippen LogP contribution in [-0.2, 0) is 17.8 Å². The third kappa shape index (κ3) is 5.25. The van der Waals surface area contributed by atoms with Gasteiger partial charge in [0.15, 0.2) is 0 Å². The van der Waals surface area contributed by atoms with Gasteiger partial charge in [-0.15, -0.1) is 0 Å². The van der Waals surface area contributed by atoms with Gasteiger partial charge in [-0.25, -0.2) is 4.98 Å². The summed E-state index contributed by atoms with van der Waals surface area (Å²) in [5.41, 5.74) is 2.89. The molecule has 0 saturated carbocycles. The Morgan fingerprint density at radius 1 is 1.03 bits per heavy atom. The smallest absolute Gasteiger partial charge is 0.224 e. The van der Waals surface area contributed by atoms with Crippen LogP contribution in [-0.4, -0.2) is 22.1 Å². The van der Waals surface area contributed by atoms with Crippen LogP contribution in [0.4, 0.5) is 0 Å². The minimum absolute atomic E-state index is 0.0327. The number of benzene rings is 3. The van der Waals surface area contributed by atoms with Crippen LogP contribution in [0.5, 0.6) is 5.75 Å². The van der Waals surface area contributed by atoms with E-state index < -0.39 is 0 Å². The van der Waals surface area contributed by atoms with Gasteiger partial charge in [0.1, 0.15) is 18.2 Å². The maximum Gasteiger partial charge on any atom is 0.224 e. The Hall–Kier alpha value is -3.31. The second-order valence-corrected chi connectivity index (χ2v) is 7.80. The van der Waals surface area contributed by atoms with Crippen molar-refractivity contribution >= 4 is 28.5 Å². The van der Waals surface area contributed by atoms with Crippen molar-refractivity contribution in [2.24, 2.45) is 0 Å². The van der Waals surface area contributed by atoms with E-state index in [4.69, 9.17) is 21.3 Å². The molecule has 0 fully saturated rings. The average molecular weight is 434 g/mol. The lowest BCUT2D eigenvalue weighted by Crippen LogP contribution is -2.30. The molecule has 1 N–H and O–H groups in total. The van der Waals surface area contributed by atoms with Crippen molar-refractivity contribution in [1.29, 1.82) is 0 Å². The number of amides is 1. The number of halogens is 1. The number of hydrogen-bond donors (Lipinski definition) is 1. The summed E-state index contributed by atoms with van der Waals surface area (Å²) >= 11 is 5.94. The largest absolute Gasteiger partial charge is 0.492 e. The van der Waals surface area contributed by atoms with Gasteiger partial charge < -0.3 is 14.6 Å². The Bertz CT molecular complexity index is 1160. The molecule has 1 aromatic heterocycles. The number of rotatable bonds is 8. The van der Waals surface area contributed by atoms with Crippen molar-refractivity contribution in [1.82, 2.24) is 14.9 Å². The van der Waals surface area contributed by atoms with Crippen molar-refractivity contribution in [3.05, 3.63) is 95.3 Å². The third-order valence-corrected chi connectivity index (χ3v) is 5.31. The second-order valence-electron chi connectivity index (χ2n) is 7.36. The zero-order valence-corrected chi connectivity index (χ0v) is 18.0. The Kier molecular flexibility index (Phi) is 6.53. The Labute approximate surface area is 186 Å². The van der Waals surface area contributed by atoms with E-state index in [-0.39, 0.29) is 11.9 Å². The highest BCUT2D eigenvalue weighted by Crippen LogP contribution is 2.22. The molecule has 0 spiro atoms. The molecule has 158 valence electrons. The molecule has 0 aliphatic heterocycles. The van der Waals surface area contributed by atoms with E-state index in [9.17, 15) is 4.79 Å². The van der Waals surface area contributed by atoms with Crippen LogP contribution < -0.4 is 10.1 Å². The first-order chi connectivity index (χ1) is 15.1. The van der Waals surface area contributed by atoms with Crippen LogP contribution in [0.25, 0.3) is 11.0 Å². The van der Waals surface area contributed by atoms with Gasteiger partial charge in [-0.3, -0.25) is 4.79 Å². The summed E-state index contributed by atoms with van der Waals surface area (Å²) in [6, 6.07) is 24.8. The monoisotopic (exact) mass is 433 g/mol. The zero-order chi connectivity index (χ0) is 21.6. The van der Waals surface area contributed by atoms with Crippen LogP contribution in [0.15, 0.2) is 78.9 Å². The quantitative estimate of drug-likeness (QED) is 0.416. The van der Waals surface area contributed by atoms with Gasteiger partial charge in [0.05, 0.1) is 30.0 Å². The first kappa shape index (κ1) is 20.9. The second kappa shape index (κ2) is 9.67. The fourth-order valence-electron chi connectivity index (χ4n) is 3.58. The highest BCUT2D eigenvalue weighted by Gasteiger charge is 2.18. The van der Waals surface area contributed by atoms with Crippen molar-refractivity contribution in [2.45, 2.75) is 25.9 Å². The molecule has 0 aliphatic rings. The summed E-state index contributed by atoms with van der Waals surface area (Å²) in [7, 11) is 0. The molecule has 1 heterocycles. The van der Waals surface area contributed by atoms with Gasteiger partial charge in [0.25, 0.3) is 0 Å². The Morgan fingerprint density at radius 3 is 2.52 bits per heavy atom. The van der Waals surface area contributed by atoms with Crippen molar-refractivity contribution in [3.8, 4) is 5.75 Å². The molecule has 6 heteroatoms. The number of nitrogens with one attached hydrogen (secondary N) is 1. The summed E-state index contributed by atoms with van der Waals surface area (Å²) in [5, 5.41) is 3.76. The van der Waals surface area contributed by atoms with Crippen LogP contribution in [0.2, 0.25) is 5.02 Å². The predicted octanol–water partition coefficient (Wildman–Crippen LogP) is 5.19. The minimum Gasteiger partial charge on any atom is -0.492 e. The number of hydrogen-bond acceptors (Lipinski definition) is 3. The number of aromatic nitrogens is 2. The van der Waals surface area contributed by atoms with Crippen LogP contribution in [0, 0.1) is 0 Å². The van der Waals surface area contributed by atoms with Gasteiger partial charge >= 0.3 is 0 Å². The highest BCUT2D eigenvalue weighted by molar-refractivity contribution is 6.30. The van der Waals surface area contributed by atoms with Gasteiger partial charge in [0, 0.05) is 5.02 Å². The van der Waals surface area contributed by atoms with E-state index >= 15 is 0 Å². The van der Waals surface area contributed by atoms with E-state index in [2.05, 4.69) is 9.88 Å². The summed E-state index contributed by atoms with van der Waals surface area (Å²) in [5.74, 6) is 1.54. The maximum atomic E-state index is 12.6. The number of carbonyl (C=O) groups excluding carboxylic acids is 1. The summed E-state index contributed by atoms with van der Waals surface area (Å²) in [6.07, 6.45) is 0.338. The molecule has 5 nitrogen and oxygen atoms in total. The lowest BCUT2D eigenvalue weighted by Gasteiger charge is -2.17. The van der Waals surface area contributed by atoms with Crippen molar-refractivity contribution < 1.29 is 9.53 Å². The number of ether oxygens (including phenoxy) is 1. The molecule has 0 bridgehead atoms. The summed E-state index contributed by atoms with van der Waals surface area (Å²) in [6.45, 7) is 3.04. The molecule has 1 unspecified atom stereocenters. The van der Waals surface area contributed by atoms with E-state index in [1.54, 1.807) is 12.1 Å². The number of carbonyl (C=O) groups is 1. The normalized spacial score (nSPS) is 11.9. The van der Waals surface area contributed by atoms with Crippen molar-refractivity contribution in [3.63, 3.8) is 0 Å². The predicted molar refractivity (Wildman–Crippen MR) is 123 cm³/mol. The fraction of sp³-hybridized carbons (Fsp3) is 0.200. The number of fused-ring (bicyclic) bond motifs is 1. The molecule has 4 rings (SSSR count). The first-order valence-corrected chi connectivity index (χ1v) is 10.6. The van der Waals surface area contributed by atoms with E-state index in [0.717, 1.165) is 28.2 Å². The molecule has 1 atom stereocenters. The number of para-hydroxylation sites is 2. The van der Waals surface area contributed by atoms with Gasteiger partial charge in [-0.05, 0) is 48.9 Å². The molecular formula is C25H24ClN3O2. The summed E-state index contributed by atoms with van der Waals surface area (Å²) < 4.78 is 7.99. The molecule has 0 saturated heterocycles. The van der Waals surface area contributed by atoms with E-state index in [0.29, 0.717) is 24.6 Å². The average Bonchev–Trinajstić information content (AvgIpc) is 3.15. The Balaban J connectivity index is 1.48. The molecule has 4 aromatic rings. The van der Waals surface area contributed by atoms with E-state index in [1.165, 1.54) is 0 Å². The van der Waals surface area contributed by atoms with Gasteiger partial charge in [-0.2, -0.15) is 0 Å². The van der Waals surface area contributed by atoms with Crippen LogP contribution in [0.3, 0.4) is 0 Å². The van der Waals surface area contributed by atoms with E-state index in [1.807, 2.05) is 73.7 Å². The van der Waals surface area contributed by atoms with Gasteiger partial charge in [-0.1, -0.05) is 54.1 Å².